The largest absolute Gasteiger partial charge is 0.473 e. The van der Waals surface area contributed by atoms with Gasteiger partial charge in [-0.05, 0) is 12.1 Å². The lowest BCUT2D eigenvalue weighted by Crippen LogP contribution is -2.47. The third-order valence-electron chi connectivity index (χ3n) is 3.84. The van der Waals surface area contributed by atoms with Gasteiger partial charge in [0.15, 0.2) is 0 Å². The number of carbonyl (C=O) groups excluding carboxylic acids is 2. The minimum atomic E-state index is -0.855. The first kappa shape index (κ1) is 21.7. The quantitative estimate of drug-likeness (QED) is 0.419. The first-order chi connectivity index (χ1) is 13.5. The molecule has 1 atom stereocenters. The van der Waals surface area contributed by atoms with Crippen LogP contribution in [0.4, 0.5) is 0 Å². The van der Waals surface area contributed by atoms with E-state index in [2.05, 4.69) is 18.9 Å². The van der Waals surface area contributed by atoms with Crippen LogP contribution < -0.4 is 10.2 Å². The van der Waals surface area contributed by atoms with Gasteiger partial charge in [-0.25, -0.2) is 5.01 Å². The number of amides is 1. The van der Waals surface area contributed by atoms with Crippen LogP contribution in [0, 0.1) is 0 Å². The van der Waals surface area contributed by atoms with Crippen molar-refractivity contribution >= 4 is 23.6 Å². The maximum absolute atomic E-state index is 12.2. The SMILES string of the molecule is CCN(CC(O)COc1nsnc1CCC(=O)OC)NC(=O)c1ccccc1. The van der Waals surface area contributed by atoms with Crippen molar-refractivity contribution in [3.8, 4) is 5.88 Å². The number of esters is 1. The van der Waals surface area contributed by atoms with Crippen LogP contribution in [-0.4, -0.2) is 63.6 Å². The van der Waals surface area contributed by atoms with Crippen LogP contribution in [0.3, 0.4) is 0 Å². The molecule has 2 aromatic rings. The maximum Gasteiger partial charge on any atom is 0.305 e. The van der Waals surface area contributed by atoms with Crippen LogP contribution in [0.5, 0.6) is 5.88 Å². The molecule has 2 rings (SSSR count). The molecule has 0 saturated heterocycles. The lowest BCUT2D eigenvalue weighted by molar-refractivity contribution is -0.140. The van der Waals surface area contributed by atoms with E-state index in [1.807, 2.05) is 13.0 Å². The van der Waals surface area contributed by atoms with E-state index in [4.69, 9.17) is 4.74 Å². The van der Waals surface area contributed by atoms with Gasteiger partial charge in [0, 0.05) is 25.1 Å². The highest BCUT2D eigenvalue weighted by molar-refractivity contribution is 6.99. The van der Waals surface area contributed by atoms with Gasteiger partial charge in [0.05, 0.1) is 25.3 Å². The minimum absolute atomic E-state index is 0.0195. The van der Waals surface area contributed by atoms with Gasteiger partial charge in [0.1, 0.15) is 18.4 Å². The number of benzene rings is 1. The summed E-state index contributed by atoms with van der Waals surface area (Å²) in [6.45, 7) is 2.55. The average Bonchev–Trinajstić information content (AvgIpc) is 3.17. The average molecular weight is 408 g/mol. The van der Waals surface area contributed by atoms with Gasteiger partial charge in [-0.1, -0.05) is 25.1 Å². The number of methoxy groups -OCH3 is 1. The van der Waals surface area contributed by atoms with Gasteiger partial charge >= 0.3 is 5.97 Å². The Balaban J connectivity index is 1.81. The van der Waals surface area contributed by atoms with Crippen LogP contribution >= 0.6 is 11.7 Å². The van der Waals surface area contributed by atoms with Gasteiger partial charge in [0.25, 0.3) is 5.91 Å². The summed E-state index contributed by atoms with van der Waals surface area (Å²) >= 11 is 0.975. The summed E-state index contributed by atoms with van der Waals surface area (Å²) in [4.78, 5) is 23.5. The van der Waals surface area contributed by atoms with Crippen LogP contribution in [-0.2, 0) is 16.0 Å². The first-order valence-electron chi connectivity index (χ1n) is 8.83. The molecule has 152 valence electrons. The number of aryl methyl sites for hydroxylation is 1. The second-order valence-electron chi connectivity index (χ2n) is 5.90. The Hall–Kier alpha value is -2.56. The number of hydrogen-bond acceptors (Lipinski definition) is 9. The number of aliphatic hydroxyl groups is 1. The summed E-state index contributed by atoms with van der Waals surface area (Å²) in [5.74, 6) is -0.291. The molecule has 0 radical (unpaired) electrons. The van der Waals surface area contributed by atoms with Crippen LogP contribution in [0.2, 0.25) is 0 Å². The Morgan fingerprint density at radius 3 is 2.71 bits per heavy atom. The van der Waals surface area contributed by atoms with Gasteiger partial charge in [-0.3, -0.25) is 15.0 Å². The lowest BCUT2D eigenvalue weighted by Gasteiger charge is -2.24. The summed E-state index contributed by atoms with van der Waals surface area (Å²) in [6, 6.07) is 8.84. The molecule has 1 unspecified atom stereocenters. The van der Waals surface area contributed by atoms with Gasteiger partial charge in [-0.15, -0.1) is 4.37 Å². The Morgan fingerprint density at radius 2 is 2.04 bits per heavy atom. The predicted octanol–water partition coefficient (Wildman–Crippen LogP) is 1.05. The van der Waals surface area contributed by atoms with E-state index in [1.165, 1.54) is 7.11 Å². The number of ether oxygens (including phenoxy) is 2. The topological polar surface area (TPSA) is 114 Å². The molecule has 1 amide bonds. The fourth-order valence-electron chi connectivity index (χ4n) is 2.32. The van der Waals surface area contributed by atoms with Gasteiger partial charge < -0.3 is 14.6 Å². The van der Waals surface area contributed by atoms with E-state index in [0.29, 0.717) is 30.1 Å². The van der Waals surface area contributed by atoms with Crippen molar-refractivity contribution in [1.82, 2.24) is 19.2 Å². The second kappa shape index (κ2) is 11.3. The summed E-state index contributed by atoms with van der Waals surface area (Å²) < 4.78 is 18.3. The highest BCUT2D eigenvalue weighted by atomic mass is 32.1. The number of carbonyl (C=O) groups is 2. The number of aliphatic hydroxyl groups excluding tert-OH is 1. The molecule has 1 aromatic carbocycles. The van der Waals surface area contributed by atoms with E-state index in [0.717, 1.165) is 11.7 Å². The summed E-state index contributed by atoms with van der Waals surface area (Å²) in [6.07, 6.45) is -0.329. The van der Waals surface area contributed by atoms with Crippen molar-refractivity contribution in [2.24, 2.45) is 0 Å². The molecule has 0 bridgehead atoms. The predicted molar refractivity (Wildman–Crippen MR) is 103 cm³/mol. The number of likely N-dealkylation sites (N-methyl/N-ethyl adjacent to an activating group) is 1. The lowest BCUT2D eigenvalue weighted by atomic mass is 10.2. The van der Waals surface area contributed by atoms with E-state index in [1.54, 1.807) is 29.3 Å². The number of aromatic nitrogens is 2. The molecular weight excluding hydrogens is 384 g/mol. The van der Waals surface area contributed by atoms with E-state index < -0.39 is 6.10 Å². The Morgan fingerprint density at radius 1 is 1.29 bits per heavy atom. The highest BCUT2D eigenvalue weighted by Gasteiger charge is 2.17. The first-order valence-corrected chi connectivity index (χ1v) is 9.56. The number of nitrogens with zero attached hydrogens (tertiary/aromatic N) is 3. The molecule has 0 aliphatic heterocycles. The zero-order valence-electron chi connectivity index (χ0n) is 15.8. The molecule has 1 heterocycles. The number of hydrazine groups is 1. The van der Waals surface area contributed by atoms with Crippen LogP contribution in [0.25, 0.3) is 0 Å². The zero-order chi connectivity index (χ0) is 20.4. The Bertz CT molecular complexity index is 755. The number of hydrogen-bond donors (Lipinski definition) is 2. The van der Waals surface area contributed by atoms with Gasteiger partial charge in [0.2, 0.25) is 5.88 Å². The minimum Gasteiger partial charge on any atom is -0.473 e. The van der Waals surface area contributed by atoms with Crippen molar-refractivity contribution in [3.05, 3.63) is 41.6 Å². The maximum atomic E-state index is 12.2. The van der Waals surface area contributed by atoms with Crippen LogP contribution in [0.1, 0.15) is 29.4 Å². The number of rotatable bonds is 11. The Labute approximate surface area is 167 Å². The van der Waals surface area contributed by atoms with Crippen LogP contribution in [0.15, 0.2) is 30.3 Å². The normalized spacial score (nSPS) is 11.9. The standard InChI is InChI=1S/C18H24N4O5S/c1-3-22(19-17(25)13-7-5-4-6-8-13)11-14(23)12-27-18-15(20-28-21-18)9-10-16(24)26-2/h4-8,14,23H,3,9-12H2,1-2H3,(H,19,25). The van der Waals surface area contributed by atoms with Crippen molar-refractivity contribution < 1.29 is 24.2 Å². The van der Waals surface area contributed by atoms with Crippen molar-refractivity contribution in [2.45, 2.75) is 25.9 Å². The van der Waals surface area contributed by atoms with E-state index in [-0.39, 0.29) is 31.4 Å². The fraction of sp³-hybridized carbons (Fsp3) is 0.444. The van der Waals surface area contributed by atoms with E-state index in [9.17, 15) is 14.7 Å². The monoisotopic (exact) mass is 408 g/mol. The van der Waals surface area contributed by atoms with Crippen molar-refractivity contribution in [2.75, 3.05) is 26.8 Å². The molecule has 0 aliphatic carbocycles. The summed E-state index contributed by atoms with van der Waals surface area (Å²) in [7, 11) is 1.32. The smallest absolute Gasteiger partial charge is 0.305 e. The molecule has 0 aliphatic rings. The summed E-state index contributed by atoms with van der Waals surface area (Å²) in [5.41, 5.74) is 3.85. The molecule has 1 aromatic heterocycles. The molecule has 0 spiro atoms. The van der Waals surface area contributed by atoms with Crippen molar-refractivity contribution in [3.63, 3.8) is 0 Å². The molecule has 28 heavy (non-hydrogen) atoms. The zero-order valence-corrected chi connectivity index (χ0v) is 16.6. The third-order valence-corrected chi connectivity index (χ3v) is 4.39. The molecule has 0 fully saturated rings. The Kier molecular flexibility index (Phi) is 8.79. The molecule has 2 N–H and O–H groups in total. The van der Waals surface area contributed by atoms with Crippen molar-refractivity contribution in [1.29, 1.82) is 0 Å². The molecule has 0 saturated carbocycles. The fourth-order valence-corrected chi connectivity index (χ4v) is 2.86. The number of nitrogens with one attached hydrogen (secondary N) is 1. The molecule has 9 nitrogen and oxygen atoms in total. The second-order valence-corrected chi connectivity index (χ2v) is 6.43. The molecular formula is C18H24N4O5S. The highest BCUT2D eigenvalue weighted by Crippen LogP contribution is 2.17. The van der Waals surface area contributed by atoms with Gasteiger partial charge in [-0.2, -0.15) is 4.37 Å². The summed E-state index contributed by atoms with van der Waals surface area (Å²) in [5, 5.41) is 11.9. The third kappa shape index (κ3) is 6.87. The van der Waals surface area contributed by atoms with E-state index >= 15 is 0 Å². The molecule has 10 heteroatoms.